The molecule has 7 heteroatoms. The smallest absolute Gasteiger partial charge is 0.242 e. The van der Waals surface area contributed by atoms with Crippen molar-refractivity contribution in [3.05, 3.63) is 69.2 Å². The molecule has 0 bridgehead atoms. The van der Waals surface area contributed by atoms with E-state index >= 15 is 0 Å². The fraction of sp³-hybridized carbons (Fsp3) is 0.391. The molecule has 0 radical (unpaired) electrons. The number of nitrogens with zero attached hydrogens (tertiary/aromatic N) is 1. The number of carbonyl (C=O) groups excluding carboxylic acids is 2. The van der Waals surface area contributed by atoms with Crippen LogP contribution in [-0.2, 0) is 21.9 Å². The first kappa shape index (κ1) is 24.6. The Morgan fingerprint density at radius 3 is 2.27 bits per heavy atom. The number of thioether (sulfide) groups is 1. The second-order valence-corrected chi connectivity index (χ2v) is 9.28. The number of amides is 2. The summed E-state index contributed by atoms with van der Waals surface area (Å²) in [6.07, 6.45) is 0. The molecule has 0 aliphatic carbocycles. The van der Waals surface area contributed by atoms with Crippen molar-refractivity contribution in [3.8, 4) is 0 Å². The average Bonchev–Trinajstić information content (AvgIpc) is 2.68. The van der Waals surface area contributed by atoms with Crippen molar-refractivity contribution in [3.63, 3.8) is 0 Å². The summed E-state index contributed by atoms with van der Waals surface area (Å²) in [5, 5.41) is 3.83. The Hall–Kier alpha value is -1.69. The molecule has 0 aliphatic rings. The number of rotatable bonds is 9. The predicted molar refractivity (Wildman–Crippen MR) is 127 cm³/mol. The monoisotopic (exact) mass is 466 g/mol. The topological polar surface area (TPSA) is 49.4 Å². The highest BCUT2D eigenvalue weighted by Crippen LogP contribution is 2.27. The second-order valence-electron chi connectivity index (χ2n) is 7.48. The lowest BCUT2D eigenvalue weighted by Crippen LogP contribution is -2.49. The lowest BCUT2D eigenvalue weighted by atomic mass is 10.1. The fourth-order valence-corrected chi connectivity index (χ4v) is 4.45. The van der Waals surface area contributed by atoms with Crippen LogP contribution in [0.4, 0.5) is 0 Å². The van der Waals surface area contributed by atoms with Crippen LogP contribution in [0.2, 0.25) is 10.0 Å². The van der Waals surface area contributed by atoms with E-state index in [4.69, 9.17) is 23.2 Å². The molecule has 2 aromatic rings. The number of halogens is 2. The number of aryl methyl sites for hydroxylation is 1. The van der Waals surface area contributed by atoms with Crippen LogP contribution in [0.15, 0.2) is 42.5 Å². The van der Waals surface area contributed by atoms with Gasteiger partial charge in [0, 0.05) is 33.9 Å². The van der Waals surface area contributed by atoms with E-state index in [1.165, 1.54) is 22.9 Å². The summed E-state index contributed by atoms with van der Waals surface area (Å²) in [5.41, 5.74) is 3.03. The van der Waals surface area contributed by atoms with Crippen molar-refractivity contribution in [2.75, 3.05) is 5.75 Å². The maximum absolute atomic E-state index is 13.1. The van der Waals surface area contributed by atoms with Gasteiger partial charge in [0.2, 0.25) is 11.8 Å². The molecule has 30 heavy (non-hydrogen) atoms. The molecule has 1 unspecified atom stereocenters. The van der Waals surface area contributed by atoms with Gasteiger partial charge in [-0.3, -0.25) is 9.59 Å². The van der Waals surface area contributed by atoms with Gasteiger partial charge in [-0.25, -0.2) is 0 Å². The molecule has 2 aromatic carbocycles. The number of nitrogens with one attached hydrogen (secondary N) is 1. The molecule has 0 aliphatic heterocycles. The van der Waals surface area contributed by atoms with E-state index in [0.29, 0.717) is 15.6 Å². The molecule has 4 nitrogen and oxygen atoms in total. The van der Waals surface area contributed by atoms with Gasteiger partial charge in [0.1, 0.15) is 6.04 Å². The van der Waals surface area contributed by atoms with Gasteiger partial charge >= 0.3 is 0 Å². The van der Waals surface area contributed by atoms with Gasteiger partial charge in [0.25, 0.3) is 0 Å². The molecule has 162 valence electrons. The van der Waals surface area contributed by atoms with E-state index in [2.05, 4.69) is 24.4 Å². The third-order valence-electron chi connectivity index (χ3n) is 4.73. The fourth-order valence-electron chi connectivity index (χ4n) is 2.94. The van der Waals surface area contributed by atoms with Gasteiger partial charge < -0.3 is 10.2 Å². The van der Waals surface area contributed by atoms with Crippen LogP contribution in [0.3, 0.4) is 0 Å². The molecular formula is C23H28Cl2N2O2S. The van der Waals surface area contributed by atoms with Crippen molar-refractivity contribution in [1.82, 2.24) is 10.2 Å². The van der Waals surface area contributed by atoms with Gasteiger partial charge in [-0.05, 0) is 51.0 Å². The van der Waals surface area contributed by atoms with Gasteiger partial charge in [-0.1, -0.05) is 53.5 Å². The predicted octanol–water partition coefficient (Wildman–Crippen LogP) is 5.48. The molecule has 0 aromatic heterocycles. The van der Waals surface area contributed by atoms with Gasteiger partial charge in [0.15, 0.2) is 0 Å². The van der Waals surface area contributed by atoms with E-state index in [1.54, 1.807) is 30.0 Å². The van der Waals surface area contributed by atoms with Gasteiger partial charge in [0.05, 0.1) is 5.75 Å². The van der Waals surface area contributed by atoms with E-state index in [9.17, 15) is 9.59 Å². The summed E-state index contributed by atoms with van der Waals surface area (Å²) in [6, 6.07) is 12.7. The normalized spacial score (nSPS) is 12.0. The Bertz CT molecular complexity index is 869. The largest absolute Gasteiger partial charge is 0.352 e. The van der Waals surface area contributed by atoms with Crippen molar-refractivity contribution < 1.29 is 9.59 Å². The molecule has 2 rings (SSSR count). The number of carbonyl (C=O) groups is 2. The molecule has 0 fully saturated rings. The Balaban J connectivity index is 2.16. The van der Waals surface area contributed by atoms with Gasteiger partial charge in [-0.15, -0.1) is 11.8 Å². The minimum atomic E-state index is -0.647. The lowest BCUT2D eigenvalue weighted by molar-refractivity contribution is -0.138. The molecule has 2 amide bonds. The van der Waals surface area contributed by atoms with E-state index in [0.717, 1.165) is 5.75 Å². The van der Waals surface area contributed by atoms with Crippen LogP contribution in [0.1, 0.15) is 37.5 Å². The minimum absolute atomic E-state index is 0.0174. The molecule has 0 spiro atoms. The molecule has 0 saturated heterocycles. The van der Waals surface area contributed by atoms with Crippen LogP contribution < -0.4 is 5.32 Å². The van der Waals surface area contributed by atoms with Crippen LogP contribution in [0.25, 0.3) is 0 Å². The molecule has 1 N–H and O–H groups in total. The standard InChI is InChI=1S/C23H28Cl2N2O2S/c1-15(2)26-23(29)17(4)27(12-19-20(24)10-7-11-21(19)25)22(28)14-30-13-18-9-6-5-8-16(18)3/h5-11,15,17H,12-14H2,1-4H3,(H,26,29). The summed E-state index contributed by atoms with van der Waals surface area (Å²) in [7, 11) is 0. The summed E-state index contributed by atoms with van der Waals surface area (Å²) in [4.78, 5) is 27.3. The summed E-state index contributed by atoms with van der Waals surface area (Å²) < 4.78 is 0. The zero-order valence-electron chi connectivity index (χ0n) is 17.7. The Morgan fingerprint density at radius 1 is 1.03 bits per heavy atom. The maximum atomic E-state index is 13.1. The highest BCUT2D eigenvalue weighted by Gasteiger charge is 2.27. The first-order chi connectivity index (χ1) is 14.2. The second kappa shape index (κ2) is 11.6. The third kappa shape index (κ3) is 6.93. The Kier molecular flexibility index (Phi) is 9.53. The summed E-state index contributed by atoms with van der Waals surface area (Å²) in [6.45, 7) is 7.74. The molecule has 1 atom stereocenters. The number of hydrogen-bond donors (Lipinski definition) is 1. The van der Waals surface area contributed by atoms with Crippen LogP contribution in [0.5, 0.6) is 0 Å². The molecular weight excluding hydrogens is 439 g/mol. The highest BCUT2D eigenvalue weighted by atomic mass is 35.5. The van der Waals surface area contributed by atoms with Crippen LogP contribution in [0, 0.1) is 6.92 Å². The first-order valence-electron chi connectivity index (χ1n) is 9.85. The van der Waals surface area contributed by atoms with Crippen molar-refractivity contribution in [2.45, 2.75) is 52.1 Å². The van der Waals surface area contributed by atoms with Crippen molar-refractivity contribution >= 4 is 46.8 Å². The summed E-state index contributed by atoms with van der Waals surface area (Å²) >= 11 is 14.2. The number of benzene rings is 2. The maximum Gasteiger partial charge on any atom is 0.242 e. The summed E-state index contributed by atoms with van der Waals surface area (Å²) in [5.74, 6) is 0.655. The van der Waals surface area contributed by atoms with Crippen molar-refractivity contribution in [1.29, 1.82) is 0 Å². The third-order valence-corrected chi connectivity index (χ3v) is 6.41. The first-order valence-corrected chi connectivity index (χ1v) is 11.8. The Labute approximate surface area is 193 Å². The minimum Gasteiger partial charge on any atom is -0.352 e. The molecule has 0 saturated carbocycles. The SMILES string of the molecule is Cc1ccccc1CSCC(=O)N(Cc1c(Cl)cccc1Cl)C(C)C(=O)NC(C)C. The average molecular weight is 467 g/mol. The van der Waals surface area contributed by atoms with E-state index < -0.39 is 6.04 Å². The quantitative estimate of drug-likeness (QED) is 0.532. The van der Waals surface area contributed by atoms with Crippen molar-refractivity contribution in [2.24, 2.45) is 0 Å². The van der Waals surface area contributed by atoms with Gasteiger partial charge in [-0.2, -0.15) is 0 Å². The molecule has 0 heterocycles. The van der Waals surface area contributed by atoms with Crippen LogP contribution in [-0.4, -0.2) is 34.6 Å². The Morgan fingerprint density at radius 2 is 1.67 bits per heavy atom. The van der Waals surface area contributed by atoms with E-state index in [-0.39, 0.29) is 30.2 Å². The lowest BCUT2D eigenvalue weighted by Gasteiger charge is -2.30. The highest BCUT2D eigenvalue weighted by molar-refractivity contribution is 7.99. The zero-order valence-corrected chi connectivity index (χ0v) is 20.1. The van der Waals surface area contributed by atoms with Crippen LogP contribution >= 0.6 is 35.0 Å². The van der Waals surface area contributed by atoms with E-state index in [1.807, 2.05) is 26.0 Å². The number of hydrogen-bond acceptors (Lipinski definition) is 3. The zero-order chi connectivity index (χ0) is 22.3.